The highest BCUT2D eigenvalue weighted by Crippen LogP contribution is 2.07. The van der Waals surface area contributed by atoms with Crippen molar-refractivity contribution >= 4 is 11.7 Å². The first-order valence-corrected chi connectivity index (χ1v) is 7.61. The molecule has 6 heteroatoms. The van der Waals surface area contributed by atoms with Crippen LogP contribution < -0.4 is 10.6 Å². The third-order valence-electron chi connectivity index (χ3n) is 3.46. The van der Waals surface area contributed by atoms with Crippen molar-refractivity contribution in [2.75, 3.05) is 32.5 Å². The number of aryl methyl sites for hydroxylation is 1. The second-order valence-corrected chi connectivity index (χ2v) is 5.64. The minimum absolute atomic E-state index is 0.222. The molecule has 0 atom stereocenters. The van der Waals surface area contributed by atoms with Crippen LogP contribution in [0.2, 0.25) is 0 Å². The molecule has 2 N–H and O–H groups in total. The zero-order valence-corrected chi connectivity index (χ0v) is 13.8. The largest absolute Gasteiger partial charge is 0.367 e. The molecule has 0 unspecified atom stereocenters. The number of aromatic nitrogens is 2. The van der Waals surface area contributed by atoms with Crippen LogP contribution in [0.25, 0.3) is 0 Å². The highest BCUT2D eigenvalue weighted by molar-refractivity contribution is 5.92. The molecule has 1 aromatic carbocycles. The van der Waals surface area contributed by atoms with Gasteiger partial charge in [0.15, 0.2) is 5.69 Å². The van der Waals surface area contributed by atoms with Gasteiger partial charge in [0.05, 0.1) is 0 Å². The molecule has 2 aromatic rings. The zero-order chi connectivity index (χ0) is 16.7. The van der Waals surface area contributed by atoms with Gasteiger partial charge in [-0.2, -0.15) is 0 Å². The van der Waals surface area contributed by atoms with E-state index in [9.17, 15) is 4.79 Å². The molecule has 0 bridgehead atoms. The van der Waals surface area contributed by atoms with Gasteiger partial charge >= 0.3 is 0 Å². The van der Waals surface area contributed by atoms with E-state index in [1.165, 1.54) is 0 Å². The van der Waals surface area contributed by atoms with Crippen LogP contribution in [0.1, 0.15) is 21.6 Å². The lowest BCUT2D eigenvalue weighted by molar-refractivity contribution is 0.0945. The molecule has 122 valence electrons. The van der Waals surface area contributed by atoms with Gasteiger partial charge in [0.2, 0.25) is 0 Å². The first-order valence-electron chi connectivity index (χ1n) is 7.61. The van der Waals surface area contributed by atoms with Crippen LogP contribution in [-0.2, 0) is 6.54 Å². The van der Waals surface area contributed by atoms with Crippen LogP contribution in [0.3, 0.4) is 0 Å². The van der Waals surface area contributed by atoms with Crippen molar-refractivity contribution < 1.29 is 4.79 Å². The number of likely N-dealkylation sites (N-methyl/N-ethyl adjacent to an activating group) is 1. The van der Waals surface area contributed by atoms with Gasteiger partial charge in [0, 0.05) is 19.6 Å². The summed E-state index contributed by atoms with van der Waals surface area (Å²) in [4.78, 5) is 14.2. The monoisotopic (exact) mass is 313 g/mol. The van der Waals surface area contributed by atoms with Crippen LogP contribution in [0.4, 0.5) is 5.82 Å². The molecule has 0 saturated heterocycles. The Bertz CT molecular complexity index is 640. The van der Waals surface area contributed by atoms with E-state index in [1.807, 2.05) is 45.3 Å². The normalized spacial score (nSPS) is 10.6. The first-order chi connectivity index (χ1) is 11.1. The van der Waals surface area contributed by atoms with Gasteiger partial charge in [0.1, 0.15) is 5.82 Å². The average molecular weight is 313 g/mol. The van der Waals surface area contributed by atoms with E-state index in [-0.39, 0.29) is 5.91 Å². The fraction of sp³-hybridized carbons (Fsp3) is 0.353. The van der Waals surface area contributed by atoms with Gasteiger partial charge in [-0.1, -0.05) is 24.3 Å². The summed E-state index contributed by atoms with van der Waals surface area (Å²) in [6.07, 6.45) is 0. The molecule has 0 spiro atoms. The number of anilines is 1. The molecule has 1 aromatic heterocycles. The fourth-order valence-electron chi connectivity index (χ4n) is 2.03. The van der Waals surface area contributed by atoms with E-state index in [1.54, 1.807) is 12.1 Å². The number of carbonyl (C=O) groups excluding carboxylic acids is 1. The van der Waals surface area contributed by atoms with Crippen molar-refractivity contribution in [3.05, 3.63) is 53.2 Å². The Balaban J connectivity index is 1.86. The highest BCUT2D eigenvalue weighted by Gasteiger charge is 2.08. The molecule has 0 aliphatic heterocycles. The Kier molecular flexibility index (Phi) is 6.05. The molecular formula is C17H23N5O. The van der Waals surface area contributed by atoms with Gasteiger partial charge in [-0.15, -0.1) is 10.2 Å². The molecule has 23 heavy (non-hydrogen) atoms. The summed E-state index contributed by atoms with van der Waals surface area (Å²) in [5.74, 6) is 0.447. The van der Waals surface area contributed by atoms with Crippen molar-refractivity contribution in [3.8, 4) is 0 Å². The number of rotatable bonds is 7. The lowest BCUT2D eigenvalue weighted by Gasteiger charge is -2.10. The topological polar surface area (TPSA) is 70.2 Å². The fourth-order valence-corrected chi connectivity index (χ4v) is 2.03. The van der Waals surface area contributed by atoms with Gasteiger partial charge in [-0.3, -0.25) is 4.79 Å². The van der Waals surface area contributed by atoms with Gasteiger partial charge in [0.25, 0.3) is 5.91 Å². The smallest absolute Gasteiger partial charge is 0.272 e. The Morgan fingerprint density at radius 2 is 1.91 bits per heavy atom. The molecule has 0 aliphatic rings. The summed E-state index contributed by atoms with van der Waals surface area (Å²) in [6, 6.07) is 11.4. The van der Waals surface area contributed by atoms with Gasteiger partial charge in [-0.25, -0.2) is 0 Å². The number of hydrogen-bond donors (Lipinski definition) is 2. The number of benzene rings is 1. The van der Waals surface area contributed by atoms with Crippen molar-refractivity contribution in [1.82, 2.24) is 20.4 Å². The highest BCUT2D eigenvalue weighted by atomic mass is 16.1. The Hall–Kier alpha value is -2.47. The first kappa shape index (κ1) is 16.9. The van der Waals surface area contributed by atoms with Crippen molar-refractivity contribution in [3.63, 3.8) is 0 Å². The van der Waals surface area contributed by atoms with Crippen LogP contribution >= 0.6 is 0 Å². The molecule has 0 fully saturated rings. The van der Waals surface area contributed by atoms with Gasteiger partial charge < -0.3 is 15.5 Å². The number of nitrogens with zero attached hydrogens (tertiary/aromatic N) is 3. The molecule has 2 rings (SSSR count). The van der Waals surface area contributed by atoms with Gasteiger partial charge in [-0.05, 0) is 44.3 Å². The summed E-state index contributed by atoms with van der Waals surface area (Å²) in [7, 11) is 4.02. The van der Waals surface area contributed by atoms with E-state index in [4.69, 9.17) is 0 Å². The standard InChI is InChI=1S/C17H23N5O/c1-13-6-4-5-7-14(13)12-19-17(23)15-8-9-16(21-20-15)18-10-11-22(2)3/h4-9H,10-12H2,1-3H3,(H,18,21)(H,19,23). The second-order valence-electron chi connectivity index (χ2n) is 5.64. The quantitative estimate of drug-likeness (QED) is 0.814. The lowest BCUT2D eigenvalue weighted by atomic mass is 10.1. The maximum Gasteiger partial charge on any atom is 0.272 e. The SMILES string of the molecule is Cc1ccccc1CNC(=O)c1ccc(NCCN(C)C)nn1. The maximum absolute atomic E-state index is 12.1. The molecule has 6 nitrogen and oxygen atoms in total. The van der Waals surface area contributed by atoms with E-state index in [0.29, 0.717) is 18.1 Å². The van der Waals surface area contributed by atoms with Crippen molar-refractivity contribution in [1.29, 1.82) is 0 Å². The summed E-state index contributed by atoms with van der Waals surface area (Å²) >= 11 is 0. The number of nitrogens with one attached hydrogen (secondary N) is 2. The maximum atomic E-state index is 12.1. The number of hydrogen-bond acceptors (Lipinski definition) is 5. The lowest BCUT2D eigenvalue weighted by Crippen LogP contribution is -2.25. The minimum Gasteiger partial charge on any atom is -0.367 e. The molecular weight excluding hydrogens is 290 g/mol. The molecule has 0 radical (unpaired) electrons. The summed E-state index contributed by atoms with van der Waals surface area (Å²) in [5.41, 5.74) is 2.56. The van der Waals surface area contributed by atoms with Crippen LogP contribution in [0.5, 0.6) is 0 Å². The zero-order valence-electron chi connectivity index (χ0n) is 13.8. The predicted molar refractivity (Wildman–Crippen MR) is 91.4 cm³/mol. The Morgan fingerprint density at radius 3 is 2.57 bits per heavy atom. The van der Waals surface area contributed by atoms with E-state index in [0.717, 1.165) is 24.2 Å². The van der Waals surface area contributed by atoms with Crippen LogP contribution in [0.15, 0.2) is 36.4 Å². The second kappa shape index (κ2) is 8.24. The predicted octanol–water partition coefficient (Wildman–Crippen LogP) is 1.69. The Labute approximate surface area is 136 Å². The molecule has 1 heterocycles. The van der Waals surface area contributed by atoms with E-state index < -0.39 is 0 Å². The number of amides is 1. The summed E-state index contributed by atoms with van der Waals surface area (Å²) in [5, 5.41) is 14.0. The third kappa shape index (κ3) is 5.34. The van der Waals surface area contributed by atoms with Crippen molar-refractivity contribution in [2.24, 2.45) is 0 Å². The molecule has 0 aliphatic carbocycles. The summed E-state index contributed by atoms with van der Waals surface area (Å²) in [6.45, 7) is 4.19. The van der Waals surface area contributed by atoms with Crippen LogP contribution in [0, 0.1) is 6.92 Å². The Morgan fingerprint density at radius 1 is 1.13 bits per heavy atom. The summed E-state index contributed by atoms with van der Waals surface area (Å²) < 4.78 is 0. The van der Waals surface area contributed by atoms with Crippen molar-refractivity contribution in [2.45, 2.75) is 13.5 Å². The third-order valence-corrected chi connectivity index (χ3v) is 3.46. The van der Waals surface area contributed by atoms with E-state index >= 15 is 0 Å². The minimum atomic E-state index is -0.222. The molecule has 0 saturated carbocycles. The van der Waals surface area contributed by atoms with Crippen LogP contribution in [-0.4, -0.2) is 48.2 Å². The molecule has 1 amide bonds. The average Bonchev–Trinajstić information content (AvgIpc) is 2.54. The van der Waals surface area contributed by atoms with E-state index in [2.05, 4.69) is 25.7 Å². The number of carbonyl (C=O) groups is 1.